The number of aliphatic carboxylic acids is 1. The van der Waals surface area contributed by atoms with E-state index >= 15 is 0 Å². The molecule has 19 heavy (non-hydrogen) atoms. The largest absolute Gasteiger partial charge is 0.481 e. The highest BCUT2D eigenvalue weighted by Crippen LogP contribution is 2.47. The van der Waals surface area contributed by atoms with Gasteiger partial charge in [-0.15, -0.1) is 16.9 Å². The maximum absolute atomic E-state index is 11.5. The number of hydrogen-bond donors (Lipinski definition) is 1. The second-order valence-corrected chi connectivity index (χ2v) is 7.38. The number of thioether (sulfide) groups is 1. The lowest BCUT2D eigenvalue weighted by Crippen LogP contribution is -2.42. The van der Waals surface area contributed by atoms with Crippen LogP contribution in [0.1, 0.15) is 44.9 Å². The van der Waals surface area contributed by atoms with E-state index in [1.165, 1.54) is 0 Å². The summed E-state index contributed by atoms with van der Waals surface area (Å²) >= 11 is 1.87. The first-order chi connectivity index (χ1) is 9.06. The van der Waals surface area contributed by atoms with Gasteiger partial charge in [0.05, 0.1) is 16.7 Å². The van der Waals surface area contributed by atoms with Gasteiger partial charge in [0.1, 0.15) is 0 Å². The number of hydrogen-bond acceptors (Lipinski definition) is 5. The highest BCUT2D eigenvalue weighted by molar-refractivity contribution is 8.00. The number of tetrazole rings is 1. The Hall–Kier alpha value is -1.11. The van der Waals surface area contributed by atoms with Crippen LogP contribution in [0.15, 0.2) is 0 Å². The molecule has 0 aromatic carbocycles. The molecule has 2 aliphatic rings. The van der Waals surface area contributed by atoms with Crippen molar-refractivity contribution in [3.63, 3.8) is 0 Å². The van der Waals surface area contributed by atoms with Crippen molar-refractivity contribution in [3.8, 4) is 0 Å². The van der Waals surface area contributed by atoms with Crippen LogP contribution in [-0.2, 0) is 16.1 Å². The van der Waals surface area contributed by atoms with Crippen LogP contribution >= 0.6 is 11.8 Å². The van der Waals surface area contributed by atoms with Gasteiger partial charge in [0, 0.05) is 0 Å². The second-order valence-electron chi connectivity index (χ2n) is 5.78. The van der Waals surface area contributed by atoms with Gasteiger partial charge in [0.15, 0.2) is 5.82 Å². The summed E-state index contributed by atoms with van der Waals surface area (Å²) in [5.74, 6) is 1.24. The van der Waals surface area contributed by atoms with Crippen LogP contribution in [0.3, 0.4) is 0 Å². The first-order valence-electron chi connectivity index (χ1n) is 6.70. The fraction of sp³-hybridized carbons (Fsp3) is 0.833. The van der Waals surface area contributed by atoms with Crippen LogP contribution in [0.2, 0.25) is 0 Å². The predicted octanol–water partition coefficient (Wildman–Crippen LogP) is 1.67. The summed E-state index contributed by atoms with van der Waals surface area (Å²) < 4.78 is 1.67. The van der Waals surface area contributed by atoms with E-state index in [0.29, 0.717) is 6.54 Å². The van der Waals surface area contributed by atoms with E-state index in [1.807, 2.05) is 11.8 Å². The maximum atomic E-state index is 11.5. The van der Waals surface area contributed by atoms with Crippen molar-refractivity contribution in [3.05, 3.63) is 5.82 Å². The van der Waals surface area contributed by atoms with Gasteiger partial charge in [-0.1, -0.05) is 6.42 Å². The molecule has 1 saturated carbocycles. The van der Waals surface area contributed by atoms with Gasteiger partial charge in [0.25, 0.3) is 0 Å². The van der Waals surface area contributed by atoms with E-state index in [2.05, 4.69) is 22.4 Å². The zero-order valence-corrected chi connectivity index (χ0v) is 11.8. The molecule has 7 heteroatoms. The van der Waals surface area contributed by atoms with E-state index in [4.69, 9.17) is 0 Å². The molecule has 2 fully saturated rings. The van der Waals surface area contributed by atoms with Crippen LogP contribution in [0.5, 0.6) is 0 Å². The molecule has 0 radical (unpaired) electrons. The van der Waals surface area contributed by atoms with E-state index in [9.17, 15) is 9.90 Å². The molecule has 0 bridgehead atoms. The smallest absolute Gasteiger partial charge is 0.311 e. The van der Waals surface area contributed by atoms with Crippen molar-refractivity contribution in [1.82, 2.24) is 20.2 Å². The molecule has 1 aliphatic carbocycles. The second kappa shape index (κ2) is 4.47. The Balaban J connectivity index is 1.86. The Morgan fingerprint density at radius 1 is 1.42 bits per heavy atom. The maximum Gasteiger partial charge on any atom is 0.311 e. The molecule has 3 rings (SSSR count). The van der Waals surface area contributed by atoms with E-state index < -0.39 is 11.4 Å². The fourth-order valence-corrected chi connectivity index (χ4v) is 4.28. The summed E-state index contributed by atoms with van der Waals surface area (Å²) in [4.78, 5) is 11.5. The highest BCUT2D eigenvalue weighted by Gasteiger charge is 2.47. The molecule has 1 aliphatic heterocycles. The lowest BCUT2D eigenvalue weighted by Gasteiger charge is -2.37. The van der Waals surface area contributed by atoms with Gasteiger partial charge in [-0.25, -0.2) is 4.68 Å². The van der Waals surface area contributed by atoms with Crippen molar-refractivity contribution in [2.24, 2.45) is 5.41 Å². The number of rotatable bonds is 4. The summed E-state index contributed by atoms with van der Waals surface area (Å²) in [5, 5.41) is 21.4. The normalized spacial score (nSPS) is 29.1. The van der Waals surface area contributed by atoms with Crippen molar-refractivity contribution < 1.29 is 9.90 Å². The molecule has 1 aromatic rings. The third kappa shape index (κ3) is 2.04. The first-order valence-corrected chi connectivity index (χ1v) is 7.68. The van der Waals surface area contributed by atoms with Crippen molar-refractivity contribution in [2.75, 3.05) is 5.75 Å². The van der Waals surface area contributed by atoms with Gasteiger partial charge < -0.3 is 5.11 Å². The Morgan fingerprint density at radius 2 is 2.21 bits per heavy atom. The molecule has 6 nitrogen and oxygen atoms in total. The minimum Gasteiger partial charge on any atom is -0.481 e. The van der Waals surface area contributed by atoms with Gasteiger partial charge >= 0.3 is 5.97 Å². The predicted molar refractivity (Wildman–Crippen MR) is 70.8 cm³/mol. The third-order valence-corrected chi connectivity index (χ3v) is 5.96. The summed E-state index contributed by atoms with van der Waals surface area (Å²) in [7, 11) is 0. The van der Waals surface area contributed by atoms with Crippen LogP contribution < -0.4 is 0 Å². The number of nitrogens with zero attached hydrogens (tertiary/aromatic N) is 4. The van der Waals surface area contributed by atoms with Crippen molar-refractivity contribution >= 4 is 17.7 Å². The number of carbonyl (C=O) groups is 1. The topological polar surface area (TPSA) is 80.9 Å². The Bertz CT molecular complexity index is 492. The minimum atomic E-state index is -0.718. The van der Waals surface area contributed by atoms with Crippen LogP contribution in [-0.4, -0.2) is 37.0 Å². The molecule has 1 unspecified atom stereocenters. The lowest BCUT2D eigenvalue weighted by atomic mass is 9.69. The average molecular weight is 282 g/mol. The van der Waals surface area contributed by atoms with E-state index in [-0.39, 0.29) is 4.75 Å². The number of aromatic nitrogens is 4. The molecular formula is C12H18N4O2S. The number of carboxylic acids is 1. The van der Waals surface area contributed by atoms with Gasteiger partial charge in [-0.05, 0) is 48.8 Å². The third-order valence-electron chi connectivity index (χ3n) is 4.44. The molecule has 1 aromatic heterocycles. The standard InChI is InChI=1S/C12H18N4O2S/c1-11(4-3-7-19-11)9-13-14-15-16(9)8-12(10(17)18)5-2-6-12/h2-8H2,1H3,(H,17,18). The molecule has 0 amide bonds. The molecule has 1 atom stereocenters. The fourth-order valence-electron chi connectivity index (χ4n) is 2.98. The van der Waals surface area contributed by atoms with E-state index in [0.717, 1.165) is 43.7 Å². The molecule has 1 N–H and O–H groups in total. The first kappa shape index (κ1) is 12.9. The molecular weight excluding hydrogens is 264 g/mol. The lowest BCUT2D eigenvalue weighted by molar-refractivity contribution is -0.156. The molecule has 2 heterocycles. The number of carboxylic acid groups (broad SMARTS) is 1. The van der Waals surface area contributed by atoms with Gasteiger partial charge in [-0.3, -0.25) is 4.79 Å². The van der Waals surface area contributed by atoms with Gasteiger partial charge in [0.2, 0.25) is 0 Å². The SMILES string of the molecule is CC1(c2nnnn2CC2(C(=O)O)CCC2)CCCS1. The Kier molecular flexibility index (Phi) is 3.03. The summed E-state index contributed by atoms with van der Waals surface area (Å²) in [6.45, 7) is 2.56. The average Bonchev–Trinajstić information content (AvgIpc) is 2.92. The summed E-state index contributed by atoms with van der Waals surface area (Å²) in [5.41, 5.74) is -0.649. The summed E-state index contributed by atoms with van der Waals surface area (Å²) in [6.07, 6.45) is 4.66. The highest BCUT2D eigenvalue weighted by atomic mass is 32.2. The minimum absolute atomic E-state index is 0.0626. The van der Waals surface area contributed by atoms with Crippen LogP contribution in [0.4, 0.5) is 0 Å². The Morgan fingerprint density at radius 3 is 2.74 bits per heavy atom. The molecule has 1 saturated heterocycles. The quantitative estimate of drug-likeness (QED) is 0.904. The van der Waals surface area contributed by atoms with Crippen molar-refractivity contribution in [2.45, 2.75) is 50.3 Å². The van der Waals surface area contributed by atoms with Gasteiger partial charge in [-0.2, -0.15) is 0 Å². The Labute approximate surface area is 115 Å². The van der Waals surface area contributed by atoms with E-state index in [1.54, 1.807) is 4.68 Å². The molecule has 104 valence electrons. The van der Waals surface area contributed by atoms with Crippen LogP contribution in [0.25, 0.3) is 0 Å². The van der Waals surface area contributed by atoms with Crippen LogP contribution in [0, 0.1) is 5.41 Å². The summed E-state index contributed by atoms with van der Waals surface area (Å²) in [6, 6.07) is 0. The zero-order chi connectivity index (χ0) is 13.5. The molecule has 0 spiro atoms. The zero-order valence-electron chi connectivity index (χ0n) is 11.0. The van der Waals surface area contributed by atoms with Crippen molar-refractivity contribution in [1.29, 1.82) is 0 Å². The monoisotopic (exact) mass is 282 g/mol.